The van der Waals surface area contributed by atoms with Crippen LogP contribution in [0.2, 0.25) is 0 Å². The van der Waals surface area contributed by atoms with E-state index < -0.39 is 0 Å². The summed E-state index contributed by atoms with van der Waals surface area (Å²) < 4.78 is 5.10. The molecule has 0 saturated carbocycles. The molecule has 0 atom stereocenters. The summed E-state index contributed by atoms with van der Waals surface area (Å²) >= 11 is 0. The highest BCUT2D eigenvalue weighted by Gasteiger charge is 2.09. The summed E-state index contributed by atoms with van der Waals surface area (Å²) in [6, 6.07) is 10.0. The molecule has 2 nitrogen and oxygen atoms in total. The molecule has 0 heterocycles. The molecule has 17 heavy (non-hydrogen) atoms. The predicted octanol–water partition coefficient (Wildman–Crippen LogP) is 3.71. The normalized spacial score (nSPS) is 15.3. The fraction of sp³-hybridized carbons (Fsp3) is 0.267. The third-order valence-electron chi connectivity index (χ3n) is 2.93. The molecule has 0 fully saturated rings. The lowest BCUT2D eigenvalue weighted by Gasteiger charge is -2.01. The molecule has 0 unspecified atom stereocenters. The predicted molar refractivity (Wildman–Crippen MR) is 68.5 cm³/mol. The SMILES string of the molecule is COc1ccc(/C=C(\C#N)C2=CCCC2)cc1. The van der Waals surface area contributed by atoms with E-state index in [4.69, 9.17) is 10.00 Å². The van der Waals surface area contributed by atoms with Gasteiger partial charge in [0.25, 0.3) is 0 Å². The zero-order valence-corrected chi connectivity index (χ0v) is 9.94. The summed E-state index contributed by atoms with van der Waals surface area (Å²) in [6.45, 7) is 0. The molecule has 0 aromatic heterocycles. The van der Waals surface area contributed by atoms with Gasteiger partial charge in [0.1, 0.15) is 5.75 Å². The molecule has 0 bridgehead atoms. The van der Waals surface area contributed by atoms with Gasteiger partial charge in [0.2, 0.25) is 0 Å². The van der Waals surface area contributed by atoms with Gasteiger partial charge < -0.3 is 4.74 Å². The van der Waals surface area contributed by atoms with Crippen LogP contribution in [0.25, 0.3) is 6.08 Å². The quantitative estimate of drug-likeness (QED) is 0.734. The van der Waals surface area contributed by atoms with Crippen LogP contribution in [0.3, 0.4) is 0 Å². The number of hydrogen-bond acceptors (Lipinski definition) is 2. The van der Waals surface area contributed by atoms with Gasteiger partial charge in [-0.1, -0.05) is 18.2 Å². The Morgan fingerprint density at radius 3 is 2.65 bits per heavy atom. The van der Waals surface area contributed by atoms with E-state index in [0.29, 0.717) is 0 Å². The maximum absolute atomic E-state index is 9.16. The van der Waals surface area contributed by atoms with Crippen molar-refractivity contribution in [2.45, 2.75) is 19.3 Å². The van der Waals surface area contributed by atoms with E-state index in [1.54, 1.807) is 7.11 Å². The maximum atomic E-state index is 9.16. The highest BCUT2D eigenvalue weighted by molar-refractivity contribution is 5.64. The Morgan fingerprint density at radius 1 is 1.35 bits per heavy atom. The van der Waals surface area contributed by atoms with Gasteiger partial charge in [0.05, 0.1) is 18.8 Å². The summed E-state index contributed by atoms with van der Waals surface area (Å²) in [7, 11) is 1.65. The van der Waals surface area contributed by atoms with E-state index in [2.05, 4.69) is 12.1 Å². The first-order valence-electron chi connectivity index (χ1n) is 5.79. The Balaban J connectivity index is 2.23. The first-order valence-corrected chi connectivity index (χ1v) is 5.79. The smallest absolute Gasteiger partial charge is 0.118 e. The van der Waals surface area contributed by atoms with Crippen LogP contribution < -0.4 is 4.74 Å². The van der Waals surface area contributed by atoms with Crippen molar-refractivity contribution in [3.8, 4) is 11.8 Å². The number of ether oxygens (including phenoxy) is 1. The molecular formula is C15H15NO. The zero-order valence-electron chi connectivity index (χ0n) is 9.94. The van der Waals surface area contributed by atoms with Crippen LogP contribution in [0.4, 0.5) is 0 Å². The van der Waals surface area contributed by atoms with Gasteiger partial charge in [-0.15, -0.1) is 0 Å². The molecule has 0 spiro atoms. The van der Waals surface area contributed by atoms with Gasteiger partial charge in [-0.3, -0.25) is 0 Å². The average molecular weight is 225 g/mol. The molecule has 86 valence electrons. The lowest BCUT2D eigenvalue weighted by atomic mass is 10.0. The van der Waals surface area contributed by atoms with Gasteiger partial charge in [0.15, 0.2) is 0 Å². The number of nitrogens with zero attached hydrogens (tertiary/aromatic N) is 1. The van der Waals surface area contributed by atoms with Crippen molar-refractivity contribution < 1.29 is 4.74 Å². The molecule has 1 aliphatic carbocycles. The minimum Gasteiger partial charge on any atom is -0.497 e. The topological polar surface area (TPSA) is 33.0 Å². The summed E-state index contributed by atoms with van der Waals surface area (Å²) in [5, 5.41) is 9.16. The van der Waals surface area contributed by atoms with Crippen molar-refractivity contribution in [3.05, 3.63) is 47.1 Å². The van der Waals surface area contributed by atoms with Gasteiger partial charge in [-0.05, 0) is 48.6 Å². The van der Waals surface area contributed by atoms with Crippen LogP contribution in [0.5, 0.6) is 5.75 Å². The second kappa shape index (κ2) is 5.36. The fourth-order valence-corrected chi connectivity index (χ4v) is 1.98. The number of rotatable bonds is 3. The van der Waals surface area contributed by atoms with Crippen molar-refractivity contribution in [1.29, 1.82) is 5.26 Å². The second-order valence-electron chi connectivity index (χ2n) is 4.06. The summed E-state index contributed by atoms with van der Waals surface area (Å²) in [4.78, 5) is 0. The van der Waals surface area contributed by atoms with Crippen LogP contribution in [-0.2, 0) is 0 Å². The summed E-state index contributed by atoms with van der Waals surface area (Å²) in [5.41, 5.74) is 3.01. The van der Waals surface area contributed by atoms with Gasteiger partial charge in [-0.25, -0.2) is 0 Å². The van der Waals surface area contributed by atoms with Crippen LogP contribution >= 0.6 is 0 Å². The van der Waals surface area contributed by atoms with E-state index in [0.717, 1.165) is 36.1 Å². The molecular weight excluding hydrogens is 210 g/mol. The first kappa shape index (κ1) is 11.5. The summed E-state index contributed by atoms with van der Waals surface area (Å²) in [5.74, 6) is 0.834. The molecule has 0 radical (unpaired) electrons. The van der Waals surface area contributed by atoms with Crippen molar-refractivity contribution >= 4 is 6.08 Å². The minimum absolute atomic E-state index is 0.785. The molecule has 0 saturated heterocycles. The van der Waals surface area contributed by atoms with Crippen molar-refractivity contribution in [3.63, 3.8) is 0 Å². The third-order valence-corrected chi connectivity index (χ3v) is 2.93. The molecule has 0 aliphatic heterocycles. The molecule has 0 amide bonds. The molecule has 2 rings (SSSR count). The van der Waals surface area contributed by atoms with E-state index in [1.165, 1.54) is 5.57 Å². The second-order valence-corrected chi connectivity index (χ2v) is 4.06. The lowest BCUT2D eigenvalue weighted by Crippen LogP contribution is -1.85. The number of allylic oxidation sites excluding steroid dienone is 3. The van der Waals surface area contributed by atoms with E-state index in [1.807, 2.05) is 30.3 Å². The molecule has 1 aromatic carbocycles. The van der Waals surface area contributed by atoms with Crippen LogP contribution in [-0.4, -0.2) is 7.11 Å². The van der Waals surface area contributed by atoms with E-state index >= 15 is 0 Å². The molecule has 0 N–H and O–H groups in total. The standard InChI is InChI=1S/C15H15NO/c1-17-15-8-6-12(7-9-15)10-14(11-16)13-4-2-3-5-13/h4,6-10H,2-3,5H2,1H3/b14-10+. The van der Waals surface area contributed by atoms with Crippen LogP contribution in [0.15, 0.2) is 41.5 Å². The van der Waals surface area contributed by atoms with Crippen LogP contribution in [0, 0.1) is 11.3 Å². The maximum Gasteiger partial charge on any atom is 0.118 e. The Kier molecular flexibility index (Phi) is 3.62. The Labute approximate surface area is 102 Å². The zero-order chi connectivity index (χ0) is 12.1. The minimum atomic E-state index is 0.785. The third kappa shape index (κ3) is 2.76. The van der Waals surface area contributed by atoms with Crippen LogP contribution in [0.1, 0.15) is 24.8 Å². The molecule has 1 aromatic rings. The van der Waals surface area contributed by atoms with Crippen molar-refractivity contribution in [2.75, 3.05) is 7.11 Å². The van der Waals surface area contributed by atoms with Gasteiger partial charge >= 0.3 is 0 Å². The Morgan fingerprint density at radius 2 is 2.12 bits per heavy atom. The van der Waals surface area contributed by atoms with Crippen molar-refractivity contribution in [2.24, 2.45) is 0 Å². The molecule has 1 aliphatic rings. The molecule has 2 heteroatoms. The lowest BCUT2D eigenvalue weighted by molar-refractivity contribution is 0.415. The highest BCUT2D eigenvalue weighted by atomic mass is 16.5. The Bertz CT molecular complexity index is 489. The largest absolute Gasteiger partial charge is 0.497 e. The number of benzene rings is 1. The number of nitriles is 1. The van der Waals surface area contributed by atoms with Gasteiger partial charge in [-0.2, -0.15) is 5.26 Å². The monoisotopic (exact) mass is 225 g/mol. The van der Waals surface area contributed by atoms with Crippen molar-refractivity contribution in [1.82, 2.24) is 0 Å². The number of methoxy groups -OCH3 is 1. The first-order chi connectivity index (χ1) is 8.33. The Hall–Kier alpha value is -2.01. The fourth-order valence-electron chi connectivity index (χ4n) is 1.98. The average Bonchev–Trinajstić information content (AvgIpc) is 2.90. The van der Waals surface area contributed by atoms with Gasteiger partial charge in [0, 0.05) is 0 Å². The summed E-state index contributed by atoms with van der Waals surface area (Å²) in [6.07, 6.45) is 7.39. The van der Waals surface area contributed by atoms with E-state index in [-0.39, 0.29) is 0 Å². The van der Waals surface area contributed by atoms with E-state index in [9.17, 15) is 0 Å². The highest BCUT2D eigenvalue weighted by Crippen LogP contribution is 2.26. The number of hydrogen-bond donors (Lipinski definition) is 0.